The van der Waals surface area contributed by atoms with Crippen LogP contribution in [0.3, 0.4) is 0 Å². The van der Waals surface area contributed by atoms with Crippen LogP contribution in [0.4, 0.5) is 22.7 Å². The topological polar surface area (TPSA) is 115 Å². The number of aryl methyl sites for hydroxylation is 1. The van der Waals surface area contributed by atoms with Gasteiger partial charge in [0.15, 0.2) is 0 Å². The second-order valence-electron chi connectivity index (χ2n) is 10.5. The molecular formula is C33H38N6O3. The minimum atomic E-state index is -0.211. The summed E-state index contributed by atoms with van der Waals surface area (Å²) in [5.74, 6) is 1.12. The maximum absolute atomic E-state index is 13.0. The standard InChI is InChI=1S/C33H38N6O3/c1-4-41-31-19-28-26(18-29(31)38-32(40)14-12-25-10-6-8-16-39(25)3)33(27(34)20-36-28)37-23-11-13-30(22(2)17-23)42-21-24-9-5-7-15-35-24/h5,7,9,11-15,17-20,25H,4,6,8,10,16,21,34H2,1-3H3,(H,36,37)(H,38,40)/b14-12+. The van der Waals surface area contributed by atoms with Crippen molar-refractivity contribution in [3.63, 3.8) is 0 Å². The van der Waals surface area contributed by atoms with Crippen molar-refractivity contribution in [2.75, 3.05) is 36.6 Å². The van der Waals surface area contributed by atoms with Crippen LogP contribution in [0.1, 0.15) is 37.4 Å². The molecule has 1 unspecified atom stereocenters. The van der Waals surface area contributed by atoms with E-state index in [4.69, 9.17) is 15.2 Å². The summed E-state index contributed by atoms with van der Waals surface area (Å²) in [7, 11) is 2.10. The molecule has 1 amide bonds. The molecule has 218 valence electrons. The Hall–Kier alpha value is -4.63. The fraction of sp³-hybridized carbons (Fsp3) is 0.303. The number of nitrogens with zero attached hydrogens (tertiary/aromatic N) is 3. The zero-order valence-electron chi connectivity index (χ0n) is 24.4. The molecule has 0 spiro atoms. The molecule has 9 heteroatoms. The average Bonchev–Trinajstić information content (AvgIpc) is 2.99. The number of hydrogen-bond acceptors (Lipinski definition) is 8. The Balaban J connectivity index is 1.38. The lowest BCUT2D eigenvalue weighted by Crippen LogP contribution is -2.34. The summed E-state index contributed by atoms with van der Waals surface area (Å²) < 4.78 is 11.9. The van der Waals surface area contributed by atoms with Gasteiger partial charge >= 0.3 is 0 Å². The number of hydrogen-bond donors (Lipinski definition) is 3. The van der Waals surface area contributed by atoms with E-state index in [2.05, 4.69) is 32.5 Å². The molecule has 4 aromatic rings. The van der Waals surface area contributed by atoms with E-state index < -0.39 is 0 Å². The third-order valence-corrected chi connectivity index (χ3v) is 7.40. The molecule has 1 aliphatic rings. The van der Waals surface area contributed by atoms with Gasteiger partial charge in [-0.05, 0) is 82.2 Å². The van der Waals surface area contributed by atoms with Crippen molar-refractivity contribution in [2.24, 2.45) is 0 Å². The van der Waals surface area contributed by atoms with E-state index in [0.29, 0.717) is 41.5 Å². The zero-order valence-corrected chi connectivity index (χ0v) is 24.4. The average molecular weight is 567 g/mol. The molecule has 1 saturated heterocycles. The van der Waals surface area contributed by atoms with Crippen molar-refractivity contribution in [2.45, 2.75) is 45.8 Å². The Kier molecular flexibility index (Phi) is 9.18. The van der Waals surface area contributed by atoms with Gasteiger partial charge in [-0.25, -0.2) is 0 Å². The van der Waals surface area contributed by atoms with E-state index in [-0.39, 0.29) is 11.9 Å². The van der Waals surface area contributed by atoms with Gasteiger partial charge in [0, 0.05) is 35.5 Å². The van der Waals surface area contributed by atoms with Crippen LogP contribution in [0.15, 0.2) is 73.1 Å². The molecule has 1 aliphatic heterocycles. The highest BCUT2D eigenvalue weighted by molar-refractivity contribution is 6.06. The number of fused-ring (bicyclic) bond motifs is 1. The fourth-order valence-electron chi connectivity index (χ4n) is 5.13. The number of carbonyl (C=O) groups is 1. The number of piperidine rings is 1. The van der Waals surface area contributed by atoms with Gasteiger partial charge in [0.1, 0.15) is 18.1 Å². The first-order valence-electron chi connectivity index (χ1n) is 14.4. The van der Waals surface area contributed by atoms with Crippen LogP contribution in [-0.4, -0.2) is 47.0 Å². The van der Waals surface area contributed by atoms with Crippen molar-refractivity contribution in [3.05, 3.63) is 84.3 Å². The second-order valence-corrected chi connectivity index (χ2v) is 10.5. The number of rotatable bonds is 10. The third kappa shape index (κ3) is 6.98. The van der Waals surface area contributed by atoms with Gasteiger partial charge in [-0.3, -0.25) is 19.7 Å². The van der Waals surface area contributed by atoms with Crippen LogP contribution in [0, 0.1) is 6.92 Å². The molecule has 9 nitrogen and oxygen atoms in total. The van der Waals surface area contributed by atoms with Crippen LogP contribution in [0.25, 0.3) is 10.9 Å². The number of pyridine rings is 2. The zero-order chi connectivity index (χ0) is 29.5. The van der Waals surface area contributed by atoms with Gasteiger partial charge in [-0.15, -0.1) is 0 Å². The summed E-state index contributed by atoms with van der Waals surface area (Å²) in [6.07, 6.45) is 10.4. The van der Waals surface area contributed by atoms with Crippen molar-refractivity contribution >= 4 is 39.6 Å². The Morgan fingerprint density at radius 3 is 2.76 bits per heavy atom. The molecular weight excluding hydrogens is 528 g/mol. The number of anilines is 4. The molecule has 2 aromatic carbocycles. The normalized spacial score (nSPS) is 15.5. The van der Waals surface area contributed by atoms with Gasteiger partial charge in [0.05, 0.1) is 41.1 Å². The summed E-state index contributed by atoms with van der Waals surface area (Å²) in [6, 6.07) is 15.6. The van der Waals surface area contributed by atoms with Crippen LogP contribution < -0.4 is 25.8 Å². The Morgan fingerprint density at radius 2 is 2.00 bits per heavy atom. The first kappa shape index (κ1) is 28.9. The summed E-state index contributed by atoms with van der Waals surface area (Å²) >= 11 is 0. The maximum Gasteiger partial charge on any atom is 0.248 e. The molecule has 1 fully saturated rings. The monoisotopic (exact) mass is 566 g/mol. The third-order valence-electron chi connectivity index (χ3n) is 7.40. The molecule has 0 bridgehead atoms. The van der Waals surface area contributed by atoms with Crippen LogP contribution in [0.2, 0.25) is 0 Å². The van der Waals surface area contributed by atoms with Gasteiger partial charge in [-0.1, -0.05) is 18.6 Å². The minimum absolute atomic E-state index is 0.211. The van der Waals surface area contributed by atoms with E-state index in [1.54, 1.807) is 18.5 Å². The second kappa shape index (κ2) is 13.4. The van der Waals surface area contributed by atoms with Crippen LogP contribution >= 0.6 is 0 Å². The lowest BCUT2D eigenvalue weighted by atomic mass is 10.0. The molecule has 3 heterocycles. The summed E-state index contributed by atoms with van der Waals surface area (Å²) in [5.41, 5.74) is 11.5. The molecule has 0 radical (unpaired) electrons. The molecule has 4 N–H and O–H groups in total. The van der Waals surface area contributed by atoms with Crippen LogP contribution in [-0.2, 0) is 11.4 Å². The van der Waals surface area contributed by atoms with E-state index in [1.165, 1.54) is 12.8 Å². The van der Waals surface area contributed by atoms with Gasteiger partial charge < -0.3 is 25.8 Å². The molecule has 5 rings (SSSR count). The van der Waals surface area contributed by atoms with Crippen molar-refractivity contribution in [3.8, 4) is 11.5 Å². The molecule has 2 aromatic heterocycles. The number of likely N-dealkylation sites (N-methyl/N-ethyl adjacent to an activating group) is 1. The van der Waals surface area contributed by atoms with Crippen LogP contribution in [0.5, 0.6) is 11.5 Å². The number of likely N-dealkylation sites (tertiary alicyclic amines) is 1. The van der Waals surface area contributed by atoms with E-state index in [1.807, 2.05) is 68.5 Å². The van der Waals surface area contributed by atoms with E-state index in [9.17, 15) is 4.79 Å². The predicted octanol–water partition coefficient (Wildman–Crippen LogP) is 6.22. The molecule has 42 heavy (non-hydrogen) atoms. The molecule has 0 saturated carbocycles. The van der Waals surface area contributed by atoms with Crippen molar-refractivity contribution in [1.82, 2.24) is 14.9 Å². The highest BCUT2D eigenvalue weighted by Gasteiger charge is 2.17. The highest BCUT2D eigenvalue weighted by atomic mass is 16.5. The quantitative estimate of drug-likeness (QED) is 0.194. The number of carbonyl (C=O) groups excluding carboxylic acids is 1. The predicted molar refractivity (Wildman–Crippen MR) is 168 cm³/mol. The summed E-state index contributed by atoms with van der Waals surface area (Å²) in [5, 5.41) is 7.23. The van der Waals surface area contributed by atoms with Gasteiger partial charge in [-0.2, -0.15) is 0 Å². The number of aromatic nitrogens is 2. The number of ether oxygens (including phenoxy) is 2. The lowest BCUT2D eigenvalue weighted by Gasteiger charge is -2.30. The first-order valence-corrected chi connectivity index (χ1v) is 14.4. The van der Waals surface area contributed by atoms with Gasteiger partial charge in [0.25, 0.3) is 0 Å². The maximum atomic E-state index is 13.0. The first-order chi connectivity index (χ1) is 20.4. The fourth-order valence-corrected chi connectivity index (χ4v) is 5.13. The van der Waals surface area contributed by atoms with E-state index >= 15 is 0 Å². The SMILES string of the molecule is CCOc1cc2ncc(N)c(Nc3ccc(OCc4ccccn4)c(C)c3)c2cc1NC(=O)/C=C/C1CCCCN1C. The molecule has 0 aliphatic carbocycles. The van der Waals surface area contributed by atoms with Crippen molar-refractivity contribution < 1.29 is 14.3 Å². The number of nitrogens with one attached hydrogen (secondary N) is 2. The Morgan fingerprint density at radius 1 is 1.12 bits per heavy atom. The molecule has 1 atom stereocenters. The Labute approximate surface area is 246 Å². The number of nitrogens with two attached hydrogens (primary N) is 1. The lowest BCUT2D eigenvalue weighted by molar-refractivity contribution is -0.112. The number of nitrogen functional groups attached to an aromatic ring is 1. The smallest absolute Gasteiger partial charge is 0.248 e. The number of amides is 1. The van der Waals surface area contributed by atoms with Crippen molar-refractivity contribution in [1.29, 1.82) is 0 Å². The number of benzene rings is 2. The van der Waals surface area contributed by atoms with E-state index in [0.717, 1.165) is 41.0 Å². The summed E-state index contributed by atoms with van der Waals surface area (Å²) in [6.45, 7) is 5.78. The Bertz CT molecular complexity index is 1570. The summed E-state index contributed by atoms with van der Waals surface area (Å²) in [4.78, 5) is 24.1. The van der Waals surface area contributed by atoms with Gasteiger partial charge in [0.2, 0.25) is 5.91 Å². The highest BCUT2D eigenvalue weighted by Crippen LogP contribution is 2.38. The largest absolute Gasteiger partial charge is 0.492 e. The minimum Gasteiger partial charge on any atom is -0.492 e.